The number of carbonyl (C=O) groups is 1. The maximum Gasteiger partial charge on any atom is 0.254 e. The van der Waals surface area contributed by atoms with E-state index >= 15 is 0 Å². The summed E-state index contributed by atoms with van der Waals surface area (Å²) in [6, 6.07) is 5.62. The SMILES string of the molecule is Cc1cc(NN)ccc1C(=O)N1CCC(C(C)(C)C)CC1. The van der Waals surface area contributed by atoms with E-state index in [4.69, 9.17) is 5.84 Å². The van der Waals surface area contributed by atoms with E-state index in [0.717, 1.165) is 42.7 Å². The Morgan fingerprint density at radius 3 is 2.38 bits per heavy atom. The average molecular weight is 289 g/mol. The van der Waals surface area contributed by atoms with Gasteiger partial charge in [-0.15, -0.1) is 0 Å². The molecular weight excluding hydrogens is 262 g/mol. The molecule has 1 aliphatic rings. The fourth-order valence-corrected chi connectivity index (χ4v) is 3.11. The molecule has 1 heterocycles. The molecule has 0 spiro atoms. The lowest BCUT2D eigenvalue weighted by atomic mass is 9.75. The highest BCUT2D eigenvalue weighted by Gasteiger charge is 2.30. The van der Waals surface area contributed by atoms with Gasteiger partial charge in [0.15, 0.2) is 0 Å². The summed E-state index contributed by atoms with van der Waals surface area (Å²) in [4.78, 5) is 14.6. The summed E-state index contributed by atoms with van der Waals surface area (Å²) >= 11 is 0. The number of aryl methyl sites for hydroxylation is 1. The van der Waals surface area contributed by atoms with Gasteiger partial charge in [0.2, 0.25) is 0 Å². The third-order valence-corrected chi connectivity index (χ3v) is 4.63. The monoisotopic (exact) mass is 289 g/mol. The molecule has 1 aliphatic heterocycles. The van der Waals surface area contributed by atoms with Crippen LogP contribution in [0.2, 0.25) is 0 Å². The van der Waals surface area contributed by atoms with Gasteiger partial charge in [-0.3, -0.25) is 10.6 Å². The predicted octanol–water partition coefficient (Wildman–Crippen LogP) is 3.18. The molecule has 3 N–H and O–H groups in total. The molecule has 0 bridgehead atoms. The first-order chi connectivity index (χ1) is 9.82. The minimum atomic E-state index is 0.142. The zero-order valence-electron chi connectivity index (χ0n) is 13.6. The van der Waals surface area contributed by atoms with Crippen LogP contribution in [0.5, 0.6) is 0 Å². The molecule has 0 atom stereocenters. The van der Waals surface area contributed by atoms with E-state index in [1.165, 1.54) is 0 Å². The van der Waals surface area contributed by atoms with Crippen molar-refractivity contribution in [2.75, 3.05) is 18.5 Å². The molecule has 1 saturated heterocycles. The number of nitrogens with two attached hydrogens (primary N) is 1. The van der Waals surface area contributed by atoms with Crippen LogP contribution < -0.4 is 11.3 Å². The first-order valence-corrected chi connectivity index (χ1v) is 7.69. The average Bonchev–Trinajstić information content (AvgIpc) is 2.45. The van der Waals surface area contributed by atoms with Crippen LogP contribution in [0.4, 0.5) is 5.69 Å². The van der Waals surface area contributed by atoms with Gasteiger partial charge in [-0.2, -0.15) is 0 Å². The second kappa shape index (κ2) is 6.06. The van der Waals surface area contributed by atoms with E-state index < -0.39 is 0 Å². The molecule has 1 fully saturated rings. The van der Waals surface area contributed by atoms with Crippen LogP contribution in [0.15, 0.2) is 18.2 Å². The van der Waals surface area contributed by atoms with Crippen molar-refractivity contribution in [2.24, 2.45) is 17.2 Å². The summed E-state index contributed by atoms with van der Waals surface area (Å²) < 4.78 is 0. The summed E-state index contributed by atoms with van der Waals surface area (Å²) in [7, 11) is 0. The van der Waals surface area contributed by atoms with E-state index in [9.17, 15) is 4.79 Å². The number of amides is 1. The molecule has 0 aromatic heterocycles. The van der Waals surface area contributed by atoms with Crippen LogP contribution in [0, 0.1) is 18.3 Å². The fourth-order valence-electron chi connectivity index (χ4n) is 3.11. The zero-order chi connectivity index (χ0) is 15.6. The van der Waals surface area contributed by atoms with E-state index in [2.05, 4.69) is 26.2 Å². The number of likely N-dealkylation sites (tertiary alicyclic amines) is 1. The van der Waals surface area contributed by atoms with Crippen LogP contribution >= 0.6 is 0 Å². The van der Waals surface area contributed by atoms with Crippen LogP contribution in [-0.4, -0.2) is 23.9 Å². The molecule has 1 amide bonds. The van der Waals surface area contributed by atoms with Gasteiger partial charge < -0.3 is 10.3 Å². The van der Waals surface area contributed by atoms with Crippen molar-refractivity contribution < 1.29 is 4.79 Å². The van der Waals surface area contributed by atoms with Crippen LogP contribution in [0.3, 0.4) is 0 Å². The van der Waals surface area contributed by atoms with Gasteiger partial charge in [0.25, 0.3) is 5.91 Å². The Morgan fingerprint density at radius 1 is 1.29 bits per heavy atom. The molecule has 2 rings (SSSR count). The number of nitrogens with zero attached hydrogens (tertiary/aromatic N) is 1. The lowest BCUT2D eigenvalue weighted by Crippen LogP contribution is -2.41. The Labute approximate surface area is 127 Å². The molecule has 1 aromatic rings. The van der Waals surface area contributed by atoms with Crippen molar-refractivity contribution >= 4 is 11.6 Å². The van der Waals surface area contributed by atoms with Gasteiger partial charge in [0.05, 0.1) is 0 Å². The number of benzene rings is 1. The number of anilines is 1. The number of rotatable bonds is 2. The van der Waals surface area contributed by atoms with Crippen molar-refractivity contribution in [3.8, 4) is 0 Å². The normalized spacial score (nSPS) is 16.9. The summed E-state index contributed by atoms with van der Waals surface area (Å²) in [6.07, 6.45) is 2.19. The number of nitrogens with one attached hydrogen (secondary N) is 1. The third-order valence-electron chi connectivity index (χ3n) is 4.63. The summed E-state index contributed by atoms with van der Waals surface area (Å²) in [5, 5.41) is 0. The fraction of sp³-hybridized carbons (Fsp3) is 0.588. The highest BCUT2D eigenvalue weighted by molar-refractivity contribution is 5.96. The number of hydrazine groups is 1. The Morgan fingerprint density at radius 2 is 1.90 bits per heavy atom. The number of hydrogen-bond acceptors (Lipinski definition) is 3. The topological polar surface area (TPSA) is 58.4 Å². The van der Waals surface area contributed by atoms with E-state index in [-0.39, 0.29) is 5.91 Å². The minimum absolute atomic E-state index is 0.142. The molecule has 1 aromatic carbocycles. The Kier molecular flexibility index (Phi) is 4.57. The minimum Gasteiger partial charge on any atom is -0.339 e. The molecular formula is C17H27N3O. The van der Waals surface area contributed by atoms with Gasteiger partial charge in [-0.25, -0.2) is 0 Å². The van der Waals surface area contributed by atoms with E-state index in [0.29, 0.717) is 11.3 Å². The highest BCUT2D eigenvalue weighted by atomic mass is 16.2. The summed E-state index contributed by atoms with van der Waals surface area (Å²) in [6.45, 7) is 10.5. The molecule has 0 unspecified atom stereocenters. The van der Waals surface area contributed by atoms with Crippen molar-refractivity contribution in [3.05, 3.63) is 29.3 Å². The quantitative estimate of drug-likeness (QED) is 0.649. The number of piperidine rings is 1. The summed E-state index contributed by atoms with van der Waals surface area (Å²) in [5.41, 5.74) is 5.52. The molecule has 0 saturated carbocycles. The molecule has 4 nitrogen and oxygen atoms in total. The second-order valence-corrected chi connectivity index (χ2v) is 7.11. The van der Waals surface area contributed by atoms with E-state index in [1.54, 1.807) is 0 Å². The van der Waals surface area contributed by atoms with E-state index in [1.807, 2.05) is 30.0 Å². The third kappa shape index (κ3) is 3.56. The van der Waals surface area contributed by atoms with Gasteiger partial charge in [-0.1, -0.05) is 20.8 Å². The van der Waals surface area contributed by atoms with Crippen molar-refractivity contribution in [1.29, 1.82) is 0 Å². The van der Waals surface area contributed by atoms with Gasteiger partial charge >= 0.3 is 0 Å². The van der Waals surface area contributed by atoms with Gasteiger partial charge in [0.1, 0.15) is 0 Å². The number of nitrogen functional groups attached to an aromatic ring is 1. The molecule has 0 radical (unpaired) electrons. The Hall–Kier alpha value is -1.55. The maximum atomic E-state index is 12.7. The Balaban J connectivity index is 2.05. The molecule has 4 heteroatoms. The van der Waals surface area contributed by atoms with Crippen molar-refractivity contribution in [3.63, 3.8) is 0 Å². The molecule has 116 valence electrons. The predicted molar refractivity (Wildman–Crippen MR) is 87.1 cm³/mol. The maximum absolute atomic E-state index is 12.7. The zero-order valence-corrected chi connectivity index (χ0v) is 13.6. The largest absolute Gasteiger partial charge is 0.339 e. The van der Waals surface area contributed by atoms with Crippen molar-refractivity contribution in [2.45, 2.75) is 40.5 Å². The Bertz CT molecular complexity index is 511. The van der Waals surface area contributed by atoms with Crippen molar-refractivity contribution in [1.82, 2.24) is 4.90 Å². The summed E-state index contributed by atoms with van der Waals surface area (Å²) in [5.74, 6) is 6.24. The molecule has 0 aliphatic carbocycles. The smallest absolute Gasteiger partial charge is 0.254 e. The number of carbonyl (C=O) groups excluding carboxylic acids is 1. The highest BCUT2D eigenvalue weighted by Crippen LogP contribution is 2.34. The van der Waals surface area contributed by atoms with Crippen LogP contribution in [0.25, 0.3) is 0 Å². The van der Waals surface area contributed by atoms with Gasteiger partial charge in [0, 0.05) is 24.3 Å². The lowest BCUT2D eigenvalue weighted by molar-refractivity contribution is 0.0608. The van der Waals surface area contributed by atoms with Gasteiger partial charge in [-0.05, 0) is 54.9 Å². The first-order valence-electron chi connectivity index (χ1n) is 7.69. The standard InChI is InChI=1S/C17H27N3O/c1-12-11-14(19-18)5-6-15(12)16(21)20-9-7-13(8-10-20)17(2,3)4/h5-6,11,13,19H,7-10,18H2,1-4H3. The number of hydrogen-bond donors (Lipinski definition) is 2. The molecule has 21 heavy (non-hydrogen) atoms. The lowest BCUT2D eigenvalue weighted by Gasteiger charge is -2.39. The van der Waals surface area contributed by atoms with Crippen LogP contribution in [0.1, 0.15) is 49.5 Å². The first kappa shape index (κ1) is 15.8. The second-order valence-electron chi connectivity index (χ2n) is 7.11. The van der Waals surface area contributed by atoms with Crippen LogP contribution in [-0.2, 0) is 0 Å².